The third-order valence-corrected chi connectivity index (χ3v) is 7.72. The number of aliphatic hydroxyl groups is 2. The fraction of sp³-hybridized carbons (Fsp3) is 0.500. The van der Waals surface area contributed by atoms with Gasteiger partial charge in [-0.05, 0) is 51.7 Å². The lowest BCUT2D eigenvalue weighted by Crippen LogP contribution is -2.53. The highest BCUT2D eigenvalue weighted by Gasteiger charge is 2.71. The molecule has 0 bridgehead atoms. The summed E-state index contributed by atoms with van der Waals surface area (Å²) in [5.41, 5.74) is -7.80. The van der Waals surface area contributed by atoms with Gasteiger partial charge in [0.1, 0.15) is 11.3 Å². The molecule has 0 spiro atoms. The van der Waals surface area contributed by atoms with Crippen LogP contribution in [-0.4, -0.2) is 66.1 Å². The van der Waals surface area contributed by atoms with E-state index in [4.69, 9.17) is 0 Å². The zero-order chi connectivity index (χ0) is 29.1. The molecule has 0 saturated carbocycles. The topological polar surface area (TPSA) is 115 Å². The minimum absolute atomic E-state index is 0.0482. The summed E-state index contributed by atoms with van der Waals surface area (Å²) in [6.45, 7) is 6.54. The van der Waals surface area contributed by atoms with Crippen LogP contribution in [0.1, 0.15) is 61.1 Å². The summed E-state index contributed by atoms with van der Waals surface area (Å²) in [5, 5.41) is 28.0. The number of carbonyl (C=O) groups is 1. The zero-order valence-corrected chi connectivity index (χ0v) is 22.0. The minimum Gasteiger partial charge on any atom is -0.382 e. The highest BCUT2D eigenvalue weighted by Crippen LogP contribution is 2.51. The first kappa shape index (κ1) is 29.0. The number of likely N-dealkylation sites (tertiary alicyclic amines) is 1. The Kier molecular flexibility index (Phi) is 7.09. The first-order valence-corrected chi connectivity index (χ1v) is 12.6. The number of halogens is 6. The van der Waals surface area contributed by atoms with Crippen LogP contribution in [0.2, 0.25) is 0 Å². The van der Waals surface area contributed by atoms with Crippen molar-refractivity contribution >= 4 is 17.2 Å². The number of benzene rings is 1. The van der Waals surface area contributed by atoms with Gasteiger partial charge < -0.3 is 20.1 Å². The molecule has 15 heteroatoms. The molecule has 2 aromatic heterocycles. The molecule has 3 N–H and O–H groups in total. The summed E-state index contributed by atoms with van der Waals surface area (Å²) >= 11 is 0.936. The van der Waals surface area contributed by atoms with Crippen LogP contribution < -0.4 is 0 Å². The third-order valence-electron chi connectivity index (χ3n) is 6.62. The van der Waals surface area contributed by atoms with Crippen LogP contribution in [0.25, 0.3) is 21.3 Å². The van der Waals surface area contributed by atoms with Crippen molar-refractivity contribution in [3.63, 3.8) is 0 Å². The van der Waals surface area contributed by atoms with Crippen LogP contribution in [0.3, 0.4) is 0 Å². The molecule has 1 saturated heterocycles. The highest BCUT2D eigenvalue weighted by molar-refractivity contribution is 7.18. The van der Waals surface area contributed by atoms with E-state index in [1.807, 2.05) is 6.92 Å². The molecule has 0 aliphatic carbocycles. The number of rotatable bonds is 5. The monoisotopic (exact) mass is 577 g/mol. The van der Waals surface area contributed by atoms with Gasteiger partial charge in [0.15, 0.2) is 16.7 Å². The van der Waals surface area contributed by atoms with Crippen molar-refractivity contribution in [1.82, 2.24) is 25.1 Å². The second-order valence-corrected chi connectivity index (χ2v) is 11.0. The van der Waals surface area contributed by atoms with E-state index < -0.39 is 35.0 Å². The molecule has 0 unspecified atom stereocenters. The summed E-state index contributed by atoms with van der Waals surface area (Å²) in [6, 6.07) is 2.04. The molecule has 4 rings (SSSR count). The molecule has 3 heterocycles. The standard InChI is InChI=1S/C24H25F6N5O3S/c1-11-10-13(22(38,23(25,26)27)24(28,29)30)7-8-14(11)16-15(19(36)35-9-5-6-12(35)2)31-18(39-16)17-32-20(34-33-17)21(3,4)37/h7-8,10,12,37-38H,5-6,9H2,1-4H3,(H,32,33,34)/t12-/m0/s1. The number of nitrogens with zero attached hydrogens (tertiary/aromatic N) is 4. The van der Waals surface area contributed by atoms with Crippen molar-refractivity contribution in [3.05, 3.63) is 40.8 Å². The summed E-state index contributed by atoms with van der Waals surface area (Å²) in [6.07, 6.45) is -10.5. The van der Waals surface area contributed by atoms with Crippen LogP contribution in [0.4, 0.5) is 26.3 Å². The van der Waals surface area contributed by atoms with Crippen molar-refractivity contribution in [3.8, 4) is 21.3 Å². The van der Waals surface area contributed by atoms with Gasteiger partial charge in [-0.25, -0.2) is 4.98 Å². The van der Waals surface area contributed by atoms with Gasteiger partial charge in [0.25, 0.3) is 11.5 Å². The number of aromatic nitrogens is 4. The minimum atomic E-state index is -6.03. The Morgan fingerprint density at radius 1 is 1.10 bits per heavy atom. The molecule has 1 aliphatic rings. The highest BCUT2D eigenvalue weighted by atomic mass is 32.1. The molecule has 1 amide bonds. The summed E-state index contributed by atoms with van der Waals surface area (Å²) in [5.74, 6) is -0.218. The van der Waals surface area contributed by atoms with Crippen molar-refractivity contribution in [2.45, 2.75) is 70.1 Å². The average molecular weight is 578 g/mol. The number of carbonyl (C=O) groups excluding carboxylic acids is 1. The van der Waals surface area contributed by atoms with Crippen LogP contribution >= 0.6 is 11.3 Å². The summed E-state index contributed by atoms with van der Waals surface area (Å²) in [7, 11) is 0. The maximum atomic E-state index is 13.5. The third kappa shape index (κ3) is 5.02. The first-order valence-electron chi connectivity index (χ1n) is 11.8. The number of amides is 1. The molecule has 3 aromatic rings. The number of alkyl halides is 6. The van der Waals surface area contributed by atoms with Crippen molar-refractivity contribution in [2.24, 2.45) is 0 Å². The average Bonchev–Trinajstić information content (AvgIpc) is 3.55. The number of hydrogen-bond acceptors (Lipinski definition) is 7. The fourth-order valence-electron chi connectivity index (χ4n) is 4.39. The molecule has 1 fully saturated rings. The molecular formula is C24H25F6N5O3S. The van der Waals surface area contributed by atoms with E-state index >= 15 is 0 Å². The van der Waals surface area contributed by atoms with Gasteiger partial charge in [0, 0.05) is 18.2 Å². The summed E-state index contributed by atoms with van der Waals surface area (Å²) in [4.78, 5) is 22.5. The predicted molar refractivity (Wildman–Crippen MR) is 129 cm³/mol. The molecule has 8 nitrogen and oxygen atoms in total. The fourth-order valence-corrected chi connectivity index (χ4v) is 5.47. The Hall–Kier alpha value is -3.04. The lowest BCUT2D eigenvalue weighted by molar-refractivity contribution is -0.376. The normalized spacial score (nSPS) is 17.2. The predicted octanol–water partition coefficient (Wildman–Crippen LogP) is 5.07. The Morgan fingerprint density at radius 2 is 1.74 bits per heavy atom. The van der Waals surface area contributed by atoms with Crippen molar-refractivity contribution in [2.75, 3.05) is 6.54 Å². The molecule has 1 aromatic carbocycles. The Balaban J connectivity index is 1.86. The largest absolute Gasteiger partial charge is 0.430 e. The Morgan fingerprint density at radius 3 is 2.23 bits per heavy atom. The van der Waals surface area contributed by atoms with Gasteiger partial charge >= 0.3 is 12.4 Å². The molecular weight excluding hydrogens is 552 g/mol. The SMILES string of the molecule is Cc1cc(C(O)(C(F)(F)F)C(F)(F)F)ccc1-c1sc(-c2nnc(C(C)(C)O)[nH]2)nc1C(=O)N1CCC[C@@H]1C. The van der Waals surface area contributed by atoms with E-state index in [1.54, 1.807) is 4.90 Å². The zero-order valence-electron chi connectivity index (χ0n) is 21.2. The van der Waals surface area contributed by atoms with Gasteiger partial charge in [-0.2, -0.15) is 26.3 Å². The maximum absolute atomic E-state index is 13.5. The van der Waals surface area contributed by atoms with Gasteiger partial charge in [0.05, 0.1) is 4.88 Å². The van der Waals surface area contributed by atoms with E-state index in [0.29, 0.717) is 18.7 Å². The van der Waals surface area contributed by atoms with Crippen LogP contribution in [0, 0.1) is 6.92 Å². The van der Waals surface area contributed by atoms with Crippen molar-refractivity contribution < 1.29 is 41.4 Å². The van der Waals surface area contributed by atoms with E-state index in [9.17, 15) is 41.4 Å². The van der Waals surface area contributed by atoms with E-state index in [2.05, 4.69) is 20.2 Å². The van der Waals surface area contributed by atoms with E-state index in [0.717, 1.165) is 30.2 Å². The van der Waals surface area contributed by atoms with Gasteiger partial charge in [-0.15, -0.1) is 21.5 Å². The van der Waals surface area contributed by atoms with E-state index in [-0.39, 0.29) is 44.4 Å². The first-order chi connectivity index (χ1) is 17.9. The Bertz CT molecular complexity index is 1380. The van der Waals surface area contributed by atoms with Crippen LogP contribution in [0.5, 0.6) is 0 Å². The smallest absolute Gasteiger partial charge is 0.382 e. The number of nitrogens with one attached hydrogen (secondary N) is 1. The Labute approximate surface area is 222 Å². The quantitative estimate of drug-likeness (QED) is 0.365. The number of H-pyrrole nitrogens is 1. The number of aryl methyl sites for hydroxylation is 1. The lowest BCUT2D eigenvalue weighted by Gasteiger charge is -2.33. The maximum Gasteiger partial charge on any atom is 0.430 e. The number of thiazole rings is 1. The second kappa shape index (κ2) is 9.55. The molecule has 39 heavy (non-hydrogen) atoms. The van der Waals surface area contributed by atoms with E-state index in [1.165, 1.54) is 20.8 Å². The number of aromatic amines is 1. The molecule has 1 aliphatic heterocycles. The molecule has 212 valence electrons. The molecule has 0 radical (unpaired) electrons. The van der Waals surface area contributed by atoms with Crippen LogP contribution in [0.15, 0.2) is 18.2 Å². The lowest BCUT2D eigenvalue weighted by atomic mass is 9.89. The van der Waals surface area contributed by atoms with Crippen molar-refractivity contribution in [1.29, 1.82) is 0 Å². The second-order valence-electron chi connectivity index (χ2n) is 10.0. The van der Waals surface area contributed by atoms with Gasteiger partial charge in [0.2, 0.25) is 0 Å². The summed E-state index contributed by atoms with van der Waals surface area (Å²) < 4.78 is 80.6. The van der Waals surface area contributed by atoms with Gasteiger partial charge in [-0.3, -0.25) is 4.79 Å². The van der Waals surface area contributed by atoms with Crippen LogP contribution in [-0.2, 0) is 11.2 Å². The number of hydrogen-bond donors (Lipinski definition) is 3. The van der Waals surface area contributed by atoms with Gasteiger partial charge in [-0.1, -0.05) is 18.2 Å². The molecule has 1 atom stereocenters.